The summed E-state index contributed by atoms with van der Waals surface area (Å²) < 4.78 is 0. The zero-order chi connectivity index (χ0) is 17.6. The Labute approximate surface area is 152 Å². The summed E-state index contributed by atoms with van der Waals surface area (Å²) in [6.07, 6.45) is 2.52. The fraction of sp³-hybridized carbons (Fsp3) is 0.556. The predicted octanol–water partition coefficient (Wildman–Crippen LogP) is 2.77. The molecule has 3 heterocycles. The van der Waals surface area contributed by atoms with Crippen molar-refractivity contribution in [3.05, 3.63) is 29.0 Å². The van der Waals surface area contributed by atoms with Crippen LogP contribution in [0.2, 0.25) is 5.02 Å². The number of H-pyrrole nitrogens is 1. The predicted molar refractivity (Wildman–Crippen MR) is 98.1 cm³/mol. The number of carbonyl (C=O) groups is 1. The second kappa shape index (κ2) is 6.59. The Bertz CT molecular complexity index is 781. The summed E-state index contributed by atoms with van der Waals surface area (Å²) in [5, 5.41) is 0.686. The summed E-state index contributed by atoms with van der Waals surface area (Å²) in [5.41, 5.74) is 8.28. The van der Waals surface area contributed by atoms with Crippen LogP contribution in [0.1, 0.15) is 45.0 Å². The number of aromatic amines is 1. The van der Waals surface area contributed by atoms with Crippen LogP contribution in [-0.2, 0) is 4.79 Å². The second-order valence-corrected chi connectivity index (χ2v) is 7.70. The highest BCUT2D eigenvalue weighted by Gasteiger charge is 2.37. The number of hydrogen-bond donors (Lipinski definition) is 3. The van der Waals surface area contributed by atoms with Gasteiger partial charge in [-0.05, 0) is 44.9 Å². The number of carbonyl (C=O) groups excluding carboxylic acids is 1. The Balaban J connectivity index is 1.54. The number of aromatic nitrogens is 2. The topological polar surface area (TPSA) is 73.0 Å². The smallest absolute Gasteiger partial charge is 0.223 e. The zero-order valence-electron chi connectivity index (χ0n) is 14.6. The number of amides is 1. The molecule has 2 aliphatic heterocycles. The van der Waals surface area contributed by atoms with Crippen molar-refractivity contribution >= 4 is 28.5 Å². The maximum Gasteiger partial charge on any atom is 0.223 e. The van der Waals surface area contributed by atoms with Crippen LogP contribution in [-0.4, -0.2) is 39.4 Å². The molecular formula is C18H24ClN5O. The molecule has 3 atom stereocenters. The van der Waals surface area contributed by atoms with E-state index in [2.05, 4.69) is 29.7 Å². The van der Waals surface area contributed by atoms with E-state index in [0.29, 0.717) is 29.4 Å². The van der Waals surface area contributed by atoms with Crippen molar-refractivity contribution in [1.82, 2.24) is 25.7 Å². The molecule has 0 saturated carbocycles. The van der Waals surface area contributed by atoms with Gasteiger partial charge in [0.05, 0.1) is 17.1 Å². The van der Waals surface area contributed by atoms with Crippen LogP contribution in [0, 0.1) is 5.92 Å². The molecule has 25 heavy (non-hydrogen) atoms. The van der Waals surface area contributed by atoms with E-state index in [1.165, 1.54) is 0 Å². The van der Waals surface area contributed by atoms with Gasteiger partial charge in [-0.1, -0.05) is 11.6 Å². The van der Waals surface area contributed by atoms with Gasteiger partial charge in [-0.3, -0.25) is 15.6 Å². The normalized spacial score (nSPS) is 29.6. The minimum atomic E-state index is 0.0339. The number of nitrogens with zero attached hydrogens (tertiary/aromatic N) is 2. The number of rotatable bonds is 3. The van der Waals surface area contributed by atoms with Crippen molar-refractivity contribution in [2.45, 2.75) is 51.2 Å². The van der Waals surface area contributed by atoms with Gasteiger partial charge in [-0.2, -0.15) is 0 Å². The fourth-order valence-electron chi connectivity index (χ4n) is 4.09. The number of likely N-dealkylation sites (tertiary alicyclic amines) is 1. The van der Waals surface area contributed by atoms with E-state index in [0.717, 1.165) is 36.2 Å². The van der Waals surface area contributed by atoms with Crippen molar-refractivity contribution < 1.29 is 4.79 Å². The quantitative estimate of drug-likeness (QED) is 0.786. The first-order chi connectivity index (χ1) is 12.0. The average Bonchev–Trinajstić information content (AvgIpc) is 3.28. The van der Waals surface area contributed by atoms with E-state index in [9.17, 15) is 4.79 Å². The third kappa shape index (κ3) is 3.14. The molecule has 3 N–H and O–H groups in total. The van der Waals surface area contributed by atoms with Gasteiger partial charge >= 0.3 is 0 Å². The molecule has 6 nitrogen and oxygen atoms in total. The van der Waals surface area contributed by atoms with Crippen LogP contribution in [0.5, 0.6) is 0 Å². The molecule has 134 valence electrons. The van der Waals surface area contributed by atoms with Gasteiger partial charge in [-0.15, -0.1) is 0 Å². The molecule has 2 fully saturated rings. The summed E-state index contributed by atoms with van der Waals surface area (Å²) in [5.74, 6) is 1.39. The molecule has 0 radical (unpaired) electrons. The number of imidazole rings is 1. The van der Waals surface area contributed by atoms with E-state index >= 15 is 0 Å². The van der Waals surface area contributed by atoms with Crippen LogP contribution >= 0.6 is 11.6 Å². The van der Waals surface area contributed by atoms with Gasteiger partial charge < -0.3 is 9.88 Å². The maximum atomic E-state index is 13.0. The largest absolute Gasteiger partial charge is 0.340 e. The van der Waals surface area contributed by atoms with Crippen molar-refractivity contribution in [1.29, 1.82) is 0 Å². The number of hydrogen-bond acceptors (Lipinski definition) is 4. The van der Waals surface area contributed by atoms with E-state index < -0.39 is 0 Å². The first-order valence-corrected chi connectivity index (χ1v) is 9.36. The Kier molecular flexibility index (Phi) is 4.43. The lowest BCUT2D eigenvalue weighted by Crippen LogP contribution is -2.36. The van der Waals surface area contributed by atoms with E-state index in [1.807, 2.05) is 23.1 Å². The van der Waals surface area contributed by atoms with Crippen molar-refractivity contribution in [2.75, 3.05) is 6.54 Å². The van der Waals surface area contributed by atoms with E-state index in [-0.39, 0.29) is 11.9 Å². The molecule has 2 aliphatic rings. The molecule has 3 unspecified atom stereocenters. The lowest BCUT2D eigenvalue weighted by Gasteiger charge is -2.26. The van der Waals surface area contributed by atoms with Crippen LogP contribution in [0.3, 0.4) is 0 Å². The van der Waals surface area contributed by atoms with Crippen molar-refractivity contribution in [2.24, 2.45) is 5.92 Å². The molecule has 0 aliphatic carbocycles. The van der Waals surface area contributed by atoms with Crippen LogP contribution < -0.4 is 10.9 Å². The first kappa shape index (κ1) is 16.8. The minimum Gasteiger partial charge on any atom is -0.340 e. The molecule has 1 amide bonds. The first-order valence-electron chi connectivity index (χ1n) is 8.98. The highest BCUT2D eigenvalue weighted by atomic mass is 35.5. The third-order valence-electron chi connectivity index (χ3n) is 5.58. The Morgan fingerprint density at radius 3 is 2.84 bits per heavy atom. The highest BCUT2D eigenvalue weighted by Crippen LogP contribution is 2.33. The molecule has 0 spiro atoms. The number of fused-ring (bicyclic) bond motifs is 1. The van der Waals surface area contributed by atoms with Gasteiger partial charge in [0.25, 0.3) is 0 Å². The number of hydrazine groups is 1. The van der Waals surface area contributed by atoms with Gasteiger partial charge in [0.15, 0.2) is 0 Å². The average molecular weight is 362 g/mol. The SMILES string of the molecule is CC1NNC(C)C1CC(=O)N1CCCC1c1nc2ccc(Cl)cc2[nH]1. The van der Waals surface area contributed by atoms with Crippen LogP contribution in [0.15, 0.2) is 18.2 Å². The molecule has 7 heteroatoms. The Morgan fingerprint density at radius 1 is 1.32 bits per heavy atom. The Hall–Kier alpha value is -1.63. The van der Waals surface area contributed by atoms with E-state index in [1.54, 1.807) is 0 Å². The van der Waals surface area contributed by atoms with Gasteiger partial charge in [-0.25, -0.2) is 4.98 Å². The highest BCUT2D eigenvalue weighted by molar-refractivity contribution is 6.31. The molecule has 0 bridgehead atoms. The summed E-state index contributed by atoms with van der Waals surface area (Å²) in [4.78, 5) is 23.0. The molecular weight excluding hydrogens is 338 g/mol. The fourth-order valence-corrected chi connectivity index (χ4v) is 4.26. The summed E-state index contributed by atoms with van der Waals surface area (Å²) >= 11 is 6.07. The molecule has 4 rings (SSSR count). The summed E-state index contributed by atoms with van der Waals surface area (Å²) in [7, 11) is 0. The number of benzene rings is 1. The Morgan fingerprint density at radius 2 is 2.08 bits per heavy atom. The number of halogens is 1. The second-order valence-electron chi connectivity index (χ2n) is 7.26. The molecule has 1 aromatic carbocycles. The monoisotopic (exact) mass is 361 g/mol. The van der Waals surface area contributed by atoms with Gasteiger partial charge in [0.1, 0.15) is 5.82 Å². The zero-order valence-corrected chi connectivity index (χ0v) is 15.3. The van der Waals surface area contributed by atoms with Crippen LogP contribution in [0.25, 0.3) is 11.0 Å². The van der Waals surface area contributed by atoms with Crippen LogP contribution in [0.4, 0.5) is 0 Å². The van der Waals surface area contributed by atoms with Gasteiger partial charge in [0, 0.05) is 36.0 Å². The van der Waals surface area contributed by atoms with E-state index in [4.69, 9.17) is 16.6 Å². The van der Waals surface area contributed by atoms with Crippen molar-refractivity contribution in [3.63, 3.8) is 0 Å². The third-order valence-corrected chi connectivity index (χ3v) is 5.82. The summed E-state index contributed by atoms with van der Waals surface area (Å²) in [6.45, 7) is 5.05. The van der Waals surface area contributed by atoms with Crippen molar-refractivity contribution in [3.8, 4) is 0 Å². The minimum absolute atomic E-state index is 0.0339. The lowest BCUT2D eigenvalue weighted by atomic mass is 9.92. The number of nitrogens with one attached hydrogen (secondary N) is 3. The van der Waals surface area contributed by atoms with Gasteiger partial charge in [0.2, 0.25) is 5.91 Å². The standard InChI is InChI=1S/C18H24ClN5O/c1-10-13(11(2)23-22-10)9-17(25)24-7-3-4-16(24)18-20-14-6-5-12(19)8-15(14)21-18/h5-6,8,10-11,13,16,22-23H,3-4,7,9H2,1-2H3,(H,20,21). The molecule has 2 aromatic rings. The molecule has 2 saturated heterocycles. The lowest BCUT2D eigenvalue weighted by molar-refractivity contribution is -0.133. The maximum absolute atomic E-state index is 13.0. The summed E-state index contributed by atoms with van der Waals surface area (Å²) in [6, 6.07) is 6.27. The molecule has 1 aromatic heterocycles.